The van der Waals surface area contributed by atoms with Crippen LogP contribution >= 0.6 is 0 Å². The molecular formula is C17H26N2O3. The molecule has 122 valence electrons. The highest BCUT2D eigenvalue weighted by molar-refractivity contribution is 5.74. The number of urea groups is 1. The summed E-state index contributed by atoms with van der Waals surface area (Å²) in [5.41, 5.74) is 1.03. The number of aliphatic hydroxyl groups excluding tert-OH is 1. The van der Waals surface area contributed by atoms with Gasteiger partial charge in [0, 0.05) is 12.1 Å². The van der Waals surface area contributed by atoms with Crippen LogP contribution in [0.2, 0.25) is 0 Å². The number of hydrogen-bond acceptors (Lipinski definition) is 3. The van der Waals surface area contributed by atoms with Gasteiger partial charge < -0.3 is 20.5 Å². The molecule has 3 N–H and O–H groups in total. The van der Waals surface area contributed by atoms with Crippen molar-refractivity contribution in [1.29, 1.82) is 0 Å². The summed E-state index contributed by atoms with van der Waals surface area (Å²) in [6.07, 6.45) is 1.95. The van der Waals surface area contributed by atoms with Crippen LogP contribution in [0.25, 0.3) is 0 Å². The van der Waals surface area contributed by atoms with Crippen LogP contribution in [0.4, 0.5) is 4.79 Å². The van der Waals surface area contributed by atoms with Crippen molar-refractivity contribution in [1.82, 2.24) is 10.6 Å². The van der Waals surface area contributed by atoms with Gasteiger partial charge in [-0.15, -0.1) is 0 Å². The van der Waals surface area contributed by atoms with Crippen molar-refractivity contribution in [2.45, 2.75) is 45.3 Å². The number of nitrogens with one attached hydrogen (secondary N) is 2. The SMILES string of the molecule is CC(C)C(O)CCNC(=O)NC1CCCOc2ccccc21. The number of amides is 2. The van der Waals surface area contributed by atoms with Gasteiger partial charge in [-0.3, -0.25) is 0 Å². The van der Waals surface area contributed by atoms with E-state index in [1.165, 1.54) is 0 Å². The summed E-state index contributed by atoms with van der Waals surface area (Å²) in [7, 11) is 0. The van der Waals surface area contributed by atoms with Crippen LogP contribution in [0.5, 0.6) is 5.75 Å². The molecule has 0 spiro atoms. The first-order valence-corrected chi connectivity index (χ1v) is 8.02. The zero-order valence-electron chi connectivity index (χ0n) is 13.3. The Kier molecular flexibility index (Phi) is 6.07. The topological polar surface area (TPSA) is 70.6 Å². The van der Waals surface area contributed by atoms with Crippen molar-refractivity contribution in [3.63, 3.8) is 0 Å². The number of carbonyl (C=O) groups is 1. The summed E-state index contributed by atoms with van der Waals surface area (Å²) in [6, 6.07) is 7.60. The predicted molar refractivity (Wildman–Crippen MR) is 85.9 cm³/mol. The molecule has 2 amide bonds. The van der Waals surface area contributed by atoms with E-state index in [0.717, 1.165) is 24.2 Å². The molecule has 5 heteroatoms. The molecule has 1 aromatic rings. The Hall–Kier alpha value is -1.75. The number of benzene rings is 1. The molecule has 0 saturated carbocycles. The van der Waals surface area contributed by atoms with Crippen LogP contribution in [0.3, 0.4) is 0 Å². The lowest BCUT2D eigenvalue weighted by Gasteiger charge is -2.19. The van der Waals surface area contributed by atoms with Crippen LogP contribution in [0, 0.1) is 5.92 Å². The van der Waals surface area contributed by atoms with Gasteiger partial charge in [0.1, 0.15) is 5.75 Å². The Labute approximate surface area is 132 Å². The Morgan fingerprint density at radius 1 is 1.41 bits per heavy atom. The molecule has 0 fully saturated rings. The van der Waals surface area contributed by atoms with E-state index >= 15 is 0 Å². The number of aliphatic hydroxyl groups is 1. The van der Waals surface area contributed by atoms with Gasteiger partial charge >= 0.3 is 6.03 Å². The minimum atomic E-state index is -0.382. The summed E-state index contributed by atoms with van der Waals surface area (Å²) < 4.78 is 5.69. The first kappa shape index (κ1) is 16.6. The second-order valence-corrected chi connectivity index (χ2v) is 6.08. The van der Waals surface area contributed by atoms with E-state index in [1.807, 2.05) is 38.1 Å². The summed E-state index contributed by atoms with van der Waals surface area (Å²) in [4.78, 5) is 12.0. The molecule has 1 aliphatic heterocycles. The van der Waals surface area contributed by atoms with Crippen molar-refractivity contribution in [3.05, 3.63) is 29.8 Å². The molecule has 1 aromatic carbocycles. The first-order valence-electron chi connectivity index (χ1n) is 8.02. The van der Waals surface area contributed by atoms with Crippen LogP contribution in [-0.4, -0.2) is 30.4 Å². The van der Waals surface area contributed by atoms with Crippen molar-refractivity contribution >= 4 is 6.03 Å². The highest BCUT2D eigenvalue weighted by atomic mass is 16.5. The lowest BCUT2D eigenvalue weighted by Crippen LogP contribution is -2.39. The third kappa shape index (κ3) is 4.63. The molecule has 0 saturated heterocycles. The molecule has 0 aliphatic carbocycles. The van der Waals surface area contributed by atoms with Gasteiger partial charge in [-0.05, 0) is 31.2 Å². The smallest absolute Gasteiger partial charge is 0.315 e. The molecule has 0 radical (unpaired) electrons. The van der Waals surface area contributed by atoms with E-state index in [-0.39, 0.29) is 24.1 Å². The number of para-hydroxylation sites is 1. The molecule has 2 atom stereocenters. The van der Waals surface area contributed by atoms with Crippen molar-refractivity contribution in [3.8, 4) is 5.75 Å². The van der Waals surface area contributed by atoms with Gasteiger partial charge in [0.15, 0.2) is 0 Å². The Morgan fingerprint density at radius 2 is 2.18 bits per heavy atom. The second kappa shape index (κ2) is 8.03. The molecule has 22 heavy (non-hydrogen) atoms. The second-order valence-electron chi connectivity index (χ2n) is 6.08. The van der Waals surface area contributed by atoms with E-state index in [1.54, 1.807) is 0 Å². The maximum absolute atomic E-state index is 12.0. The Morgan fingerprint density at radius 3 is 2.95 bits per heavy atom. The van der Waals surface area contributed by atoms with Gasteiger partial charge in [-0.2, -0.15) is 0 Å². The van der Waals surface area contributed by atoms with E-state index in [0.29, 0.717) is 19.6 Å². The van der Waals surface area contributed by atoms with Crippen LogP contribution < -0.4 is 15.4 Å². The number of carbonyl (C=O) groups excluding carboxylic acids is 1. The average Bonchev–Trinajstić information content (AvgIpc) is 2.70. The minimum absolute atomic E-state index is 0.0336. The van der Waals surface area contributed by atoms with E-state index in [4.69, 9.17) is 4.74 Å². The van der Waals surface area contributed by atoms with Crippen LogP contribution in [0.15, 0.2) is 24.3 Å². The molecular weight excluding hydrogens is 280 g/mol. The van der Waals surface area contributed by atoms with Crippen LogP contribution in [-0.2, 0) is 0 Å². The first-order chi connectivity index (χ1) is 10.6. The zero-order valence-corrected chi connectivity index (χ0v) is 13.3. The summed E-state index contributed by atoms with van der Waals surface area (Å²) in [5.74, 6) is 1.05. The Bertz CT molecular complexity index is 491. The Balaban J connectivity index is 1.86. The van der Waals surface area contributed by atoms with Crippen molar-refractivity contribution in [2.75, 3.05) is 13.2 Å². The van der Waals surface area contributed by atoms with Gasteiger partial charge in [0.2, 0.25) is 0 Å². The standard InChI is InChI=1S/C17H26N2O3/c1-12(2)15(20)9-10-18-17(21)19-14-7-5-11-22-16-8-4-3-6-13(14)16/h3-4,6,8,12,14-15,20H,5,7,9-11H2,1-2H3,(H2,18,19,21). The van der Waals surface area contributed by atoms with Gasteiger partial charge in [0.25, 0.3) is 0 Å². The third-order valence-electron chi connectivity index (χ3n) is 3.99. The van der Waals surface area contributed by atoms with Crippen LogP contribution in [0.1, 0.15) is 44.7 Å². The summed E-state index contributed by atoms with van der Waals surface area (Å²) in [5, 5.41) is 15.6. The average molecular weight is 306 g/mol. The summed E-state index contributed by atoms with van der Waals surface area (Å²) >= 11 is 0. The maximum atomic E-state index is 12.0. The normalized spacial score (nSPS) is 18.8. The largest absolute Gasteiger partial charge is 0.493 e. The highest BCUT2D eigenvalue weighted by Crippen LogP contribution is 2.30. The molecule has 5 nitrogen and oxygen atoms in total. The fourth-order valence-electron chi connectivity index (χ4n) is 2.55. The molecule has 2 unspecified atom stereocenters. The highest BCUT2D eigenvalue weighted by Gasteiger charge is 2.21. The van der Waals surface area contributed by atoms with Crippen molar-refractivity contribution in [2.24, 2.45) is 5.92 Å². The number of hydrogen-bond donors (Lipinski definition) is 3. The quantitative estimate of drug-likeness (QED) is 0.783. The molecule has 1 heterocycles. The molecule has 1 aliphatic rings. The minimum Gasteiger partial charge on any atom is -0.493 e. The number of ether oxygens (including phenoxy) is 1. The third-order valence-corrected chi connectivity index (χ3v) is 3.99. The van der Waals surface area contributed by atoms with Gasteiger partial charge in [-0.1, -0.05) is 32.0 Å². The van der Waals surface area contributed by atoms with Crippen molar-refractivity contribution < 1.29 is 14.6 Å². The lowest BCUT2D eigenvalue weighted by molar-refractivity contribution is 0.116. The number of rotatable bonds is 5. The summed E-state index contributed by atoms with van der Waals surface area (Å²) in [6.45, 7) is 5.08. The van der Waals surface area contributed by atoms with E-state index in [9.17, 15) is 9.90 Å². The monoisotopic (exact) mass is 306 g/mol. The van der Waals surface area contributed by atoms with Gasteiger partial charge in [0.05, 0.1) is 18.8 Å². The lowest BCUT2D eigenvalue weighted by atomic mass is 10.0. The molecule has 0 aromatic heterocycles. The molecule has 0 bridgehead atoms. The number of fused-ring (bicyclic) bond motifs is 1. The van der Waals surface area contributed by atoms with E-state index in [2.05, 4.69) is 10.6 Å². The fraction of sp³-hybridized carbons (Fsp3) is 0.588. The fourth-order valence-corrected chi connectivity index (χ4v) is 2.55. The molecule has 2 rings (SSSR count). The predicted octanol–water partition coefficient (Wildman–Crippen LogP) is 2.61. The zero-order chi connectivity index (χ0) is 15.9. The maximum Gasteiger partial charge on any atom is 0.315 e. The van der Waals surface area contributed by atoms with Gasteiger partial charge in [-0.25, -0.2) is 4.79 Å². The van der Waals surface area contributed by atoms with E-state index < -0.39 is 0 Å².